The normalized spacial score (nSPS) is 18.7. The maximum Gasteiger partial charge on any atom is 0.244 e. The average molecular weight is 407 g/mol. The Morgan fingerprint density at radius 3 is 2.21 bits per heavy atom. The van der Waals surface area contributed by atoms with Crippen LogP contribution in [-0.2, 0) is 23.1 Å². The number of Topliss-reactive ketones (excluding diaryl/α,β-unsaturated/α-hetero) is 1. The van der Waals surface area contributed by atoms with Crippen molar-refractivity contribution in [3.63, 3.8) is 0 Å². The number of benzene rings is 3. The first kappa shape index (κ1) is 18.5. The van der Waals surface area contributed by atoms with Crippen molar-refractivity contribution < 1.29 is 13.2 Å². The Balaban J connectivity index is 1.28. The van der Waals surface area contributed by atoms with Crippen molar-refractivity contribution in [3.05, 3.63) is 77.4 Å². The van der Waals surface area contributed by atoms with Gasteiger partial charge in [-0.3, -0.25) is 9.69 Å². The van der Waals surface area contributed by atoms with E-state index in [9.17, 15) is 13.2 Å². The first-order chi connectivity index (χ1) is 14.0. The van der Waals surface area contributed by atoms with Crippen molar-refractivity contribution in [3.8, 4) is 0 Å². The van der Waals surface area contributed by atoms with Gasteiger partial charge in [-0.2, -0.15) is 4.31 Å². The first-order valence-electron chi connectivity index (χ1n) is 9.88. The number of hydrogen-bond acceptors (Lipinski definition) is 4. The molecule has 2 heterocycles. The highest BCUT2D eigenvalue weighted by atomic mass is 32.2. The van der Waals surface area contributed by atoms with Crippen molar-refractivity contribution in [2.75, 3.05) is 19.6 Å². The highest BCUT2D eigenvalue weighted by molar-refractivity contribution is 7.89. The van der Waals surface area contributed by atoms with Gasteiger partial charge >= 0.3 is 0 Å². The lowest BCUT2D eigenvalue weighted by Crippen LogP contribution is -2.42. The van der Waals surface area contributed by atoms with Crippen molar-refractivity contribution in [2.24, 2.45) is 0 Å². The Kier molecular flexibility index (Phi) is 4.50. The molecule has 0 saturated heterocycles. The van der Waals surface area contributed by atoms with Crippen LogP contribution in [0, 0.1) is 0 Å². The van der Waals surface area contributed by atoms with E-state index in [0.717, 1.165) is 19.6 Å². The number of rotatable bonds is 4. The fourth-order valence-electron chi connectivity index (χ4n) is 4.52. The predicted molar refractivity (Wildman–Crippen MR) is 112 cm³/mol. The second kappa shape index (κ2) is 7.06. The molecule has 29 heavy (non-hydrogen) atoms. The summed E-state index contributed by atoms with van der Waals surface area (Å²) in [4.78, 5) is 14.9. The van der Waals surface area contributed by atoms with Crippen LogP contribution in [0.15, 0.2) is 65.6 Å². The molecular formula is C23H22N2O3S. The summed E-state index contributed by atoms with van der Waals surface area (Å²) in [6.45, 7) is 2.80. The lowest BCUT2D eigenvalue weighted by Gasteiger charge is -2.31. The molecule has 0 saturated carbocycles. The van der Waals surface area contributed by atoms with Crippen LogP contribution in [0.5, 0.6) is 0 Å². The summed E-state index contributed by atoms with van der Waals surface area (Å²) in [7, 11) is -3.61. The third-order valence-electron chi connectivity index (χ3n) is 5.87. The van der Waals surface area contributed by atoms with Crippen molar-refractivity contribution in [2.45, 2.75) is 24.4 Å². The van der Waals surface area contributed by atoms with Gasteiger partial charge in [0.25, 0.3) is 0 Å². The van der Waals surface area contributed by atoms with E-state index in [1.807, 2.05) is 0 Å². The molecule has 0 fully saturated rings. The van der Waals surface area contributed by atoms with E-state index in [-0.39, 0.29) is 17.2 Å². The number of sulfonamides is 1. The quantitative estimate of drug-likeness (QED) is 0.666. The van der Waals surface area contributed by atoms with E-state index < -0.39 is 10.0 Å². The average Bonchev–Trinajstić information content (AvgIpc) is 2.72. The summed E-state index contributed by atoms with van der Waals surface area (Å²) in [6.07, 6.45) is 0.687. The van der Waals surface area contributed by atoms with Gasteiger partial charge in [-0.05, 0) is 40.5 Å². The minimum atomic E-state index is -3.61. The highest BCUT2D eigenvalue weighted by Gasteiger charge is 2.35. The molecule has 0 aromatic heterocycles. The molecule has 2 aliphatic heterocycles. The molecule has 0 radical (unpaired) electrons. The van der Waals surface area contributed by atoms with Gasteiger partial charge < -0.3 is 0 Å². The van der Waals surface area contributed by atoms with E-state index >= 15 is 0 Å². The molecule has 0 bridgehead atoms. The molecule has 2 aliphatic rings. The molecule has 0 amide bonds. The van der Waals surface area contributed by atoms with E-state index in [4.69, 9.17) is 0 Å². The van der Waals surface area contributed by atoms with Crippen LogP contribution in [-0.4, -0.2) is 43.0 Å². The molecule has 6 heteroatoms. The molecule has 3 aromatic rings. The lowest BCUT2D eigenvalue weighted by atomic mass is 9.95. The fourth-order valence-corrected chi connectivity index (χ4v) is 6.17. The van der Waals surface area contributed by atoms with Crippen LogP contribution in [0.1, 0.15) is 27.9 Å². The smallest absolute Gasteiger partial charge is 0.244 e. The molecule has 3 aromatic carbocycles. The van der Waals surface area contributed by atoms with Crippen LogP contribution >= 0.6 is 0 Å². The summed E-state index contributed by atoms with van der Waals surface area (Å²) < 4.78 is 27.1. The third kappa shape index (κ3) is 3.17. The predicted octanol–water partition coefficient (Wildman–Crippen LogP) is 3.43. The van der Waals surface area contributed by atoms with Crippen LogP contribution in [0.3, 0.4) is 0 Å². The van der Waals surface area contributed by atoms with E-state index in [0.29, 0.717) is 18.5 Å². The molecule has 148 valence electrons. The zero-order chi connectivity index (χ0) is 20.0. The number of carbonyl (C=O) groups excluding carboxylic acids is 1. The Labute approximate surface area is 170 Å². The summed E-state index contributed by atoms with van der Waals surface area (Å²) in [5.41, 5.74) is 2.95. The summed E-state index contributed by atoms with van der Waals surface area (Å²) in [6, 6.07) is 19.3. The standard InChI is InChI=1S/C23H22N2O3S/c26-21-16-25(29(27,28)22-11-2-1-10-20(21)22)13-5-12-24-14-18-8-3-6-17-7-4-9-19(15-24)23(17)18/h1-4,6-11H,5,12-16H2. The minimum Gasteiger partial charge on any atom is -0.295 e. The van der Waals surface area contributed by atoms with Crippen molar-refractivity contribution in [1.29, 1.82) is 0 Å². The molecule has 0 aliphatic carbocycles. The SMILES string of the molecule is O=C1CN(CCCN2Cc3cccc4cccc(c34)C2)S(=O)(=O)c2ccccc21. The van der Waals surface area contributed by atoms with Gasteiger partial charge in [0.05, 0.1) is 11.4 Å². The number of fused-ring (bicyclic) bond motifs is 1. The first-order valence-corrected chi connectivity index (χ1v) is 11.3. The maximum atomic E-state index is 12.9. The molecule has 0 atom stereocenters. The van der Waals surface area contributed by atoms with Gasteiger partial charge in [0.2, 0.25) is 10.0 Å². The maximum absolute atomic E-state index is 12.9. The fraction of sp³-hybridized carbons (Fsp3) is 0.261. The monoisotopic (exact) mass is 406 g/mol. The molecular weight excluding hydrogens is 384 g/mol. The van der Waals surface area contributed by atoms with Gasteiger partial charge in [-0.25, -0.2) is 8.42 Å². The minimum absolute atomic E-state index is 0.0680. The third-order valence-corrected chi connectivity index (χ3v) is 7.78. The number of ketones is 1. The highest BCUT2D eigenvalue weighted by Crippen LogP contribution is 2.30. The summed E-state index contributed by atoms with van der Waals surface area (Å²) in [5, 5.41) is 2.63. The summed E-state index contributed by atoms with van der Waals surface area (Å²) in [5.74, 6) is -0.131. The van der Waals surface area contributed by atoms with Crippen LogP contribution < -0.4 is 0 Å². The zero-order valence-corrected chi connectivity index (χ0v) is 16.9. The van der Waals surface area contributed by atoms with Gasteiger partial charge in [0, 0.05) is 31.7 Å². The number of hydrogen-bond donors (Lipinski definition) is 0. The molecule has 0 unspecified atom stereocenters. The van der Waals surface area contributed by atoms with Gasteiger partial charge in [0.1, 0.15) is 0 Å². The molecule has 5 rings (SSSR count). The Morgan fingerprint density at radius 1 is 0.793 bits per heavy atom. The second-order valence-electron chi connectivity index (χ2n) is 7.75. The van der Waals surface area contributed by atoms with Crippen molar-refractivity contribution >= 4 is 26.6 Å². The Bertz CT molecular complexity index is 1180. The topological polar surface area (TPSA) is 57.7 Å². The van der Waals surface area contributed by atoms with E-state index in [2.05, 4.69) is 41.3 Å². The van der Waals surface area contributed by atoms with Crippen LogP contribution in [0.2, 0.25) is 0 Å². The Hall–Kier alpha value is -2.54. The zero-order valence-electron chi connectivity index (χ0n) is 16.0. The van der Waals surface area contributed by atoms with E-state index in [1.54, 1.807) is 18.2 Å². The summed E-state index contributed by atoms with van der Waals surface area (Å²) >= 11 is 0. The molecule has 0 N–H and O–H groups in total. The number of nitrogens with zero attached hydrogens (tertiary/aromatic N) is 2. The lowest BCUT2D eigenvalue weighted by molar-refractivity contribution is 0.0954. The van der Waals surface area contributed by atoms with Gasteiger partial charge in [-0.1, -0.05) is 48.5 Å². The van der Waals surface area contributed by atoms with Gasteiger partial charge in [-0.15, -0.1) is 0 Å². The molecule has 5 nitrogen and oxygen atoms in total. The van der Waals surface area contributed by atoms with Crippen LogP contribution in [0.4, 0.5) is 0 Å². The Morgan fingerprint density at radius 2 is 1.48 bits per heavy atom. The van der Waals surface area contributed by atoms with Crippen molar-refractivity contribution in [1.82, 2.24) is 9.21 Å². The number of carbonyl (C=O) groups is 1. The van der Waals surface area contributed by atoms with E-state index in [1.165, 1.54) is 32.3 Å². The largest absolute Gasteiger partial charge is 0.295 e. The van der Waals surface area contributed by atoms with Crippen LogP contribution in [0.25, 0.3) is 10.8 Å². The molecule has 0 spiro atoms. The second-order valence-corrected chi connectivity index (χ2v) is 9.66. The van der Waals surface area contributed by atoms with Gasteiger partial charge in [0.15, 0.2) is 5.78 Å².